The van der Waals surface area contributed by atoms with Gasteiger partial charge in [0.15, 0.2) is 5.78 Å². The minimum absolute atomic E-state index is 0.0767. The van der Waals surface area contributed by atoms with Gasteiger partial charge < -0.3 is 4.74 Å². The fraction of sp³-hybridized carbons (Fsp3) is 0.257. The molecular weight excluding hydrogens is 482 g/mol. The van der Waals surface area contributed by atoms with Crippen molar-refractivity contribution in [2.24, 2.45) is 0 Å². The Morgan fingerprint density at radius 3 is 1.82 bits per heavy atom. The lowest BCUT2D eigenvalue weighted by Crippen LogP contribution is -2.53. The van der Waals surface area contributed by atoms with Crippen LogP contribution in [0.3, 0.4) is 0 Å². The number of rotatable bonds is 9. The second-order valence-electron chi connectivity index (χ2n) is 11.1. The Labute approximate surface area is 231 Å². The number of benzene rings is 4. The highest BCUT2D eigenvalue weighted by atomic mass is 16.6. The largest absolute Gasteiger partial charge is 0.459 e. The van der Waals surface area contributed by atoms with E-state index in [-0.39, 0.29) is 11.8 Å². The molecule has 1 aliphatic carbocycles. The highest BCUT2D eigenvalue weighted by molar-refractivity contribution is 5.96. The maximum absolute atomic E-state index is 13.7. The number of esters is 1. The fourth-order valence-electron chi connectivity index (χ4n) is 5.59. The molecule has 0 heterocycles. The van der Waals surface area contributed by atoms with Crippen LogP contribution >= 0.6 is 0 Å². The Bertz CT molecular complexity index is 1410. The maximum atomic E-state index is 13.7. The fourth-order valence-corrected chi connectivity index (χ4v) is 5.59. The molecule has 0 fully saturated rings. The van der Waals surface area contributed by atoms with Gasteiger partial charge in [0.1, 0.15) is 11.6 Å². The molecule has 0 unspecified atom stereocenters. The summed E-state index contributed by atoms with van der Waals surface area (Å²) >= 11 is 0. The molecule has 1 atom stereocenters. The SMILES string of the molecule is CC(C)(C)OC(=O)[C@H](CCCC(=O)c1ccccc1)NC1(c2ccccc2)c2ccccc2-c2ccccc21. The third-order valence-corrected chi connectivity index (χ3v) is 7.23. The molecule has 0 amide bonds. The van der Waals surface area contributed by atoms with Gasteiger partial charge in [-0.3, -0.25) is 14.9 Å². The van der Waals surface area contributed by atoms with Crippen LogP contribution in [0.15, 0.2) is 109 Å². The zero-order chi connectivity index (χ0) is 27.5. The molecule has 0 saturated heterocycles. The summed E-state index contributed by atoms with van der Waals surface area (Å²) in [6.07, 6.45) is 1.38. The zero-order valence-corrected chi connectivity index (χ0v) is 22.8. The Morgan fingerprint density at radius 1 is 0.744 bits per heavy atom. The normalized spacial score (nSPS) is 14.2. The first-order chi connectivity index (χ1) is 18.8. The van der Waals surface area contributed by atoms with Gasteiger partial charge in [-0.05, 0) is 61.4 Å². The van der Waals surface area contributed by atoms with Gasteiger partial charge in [-0.15, -0.1) is 0 Å². The summed E-state index contributed by atoms with van der Waals surface area (Å²) in [5, 5.41) is 3.81. The summed E-state index contributed by atoms with van der Waals surface area (Å²) in [6.45, 7) is 5.65. The van der Waals surface area contributed by atoms with E-state index in [9.17, 15) is 9.59 Å². The number of Topliss-reactive ketones (excluding diaryl/α,β-unsaturated/α-hetero) is 1. The summed E-state index contributed by atoms with van der Waals surface area (Å²) in [4.78, 5) is 26.6. The number of carbonyl (C=O) groups is 2. The minimum Gasteiger partial charge on any atom is -0.459 e. The van der Waals surface area contributed by atoms with Gasteiger partial charge in [0.05, 0.1) is 5.54 Å². The third kappa shape index (κ3) is 5.43. The zero-order valence-electron chi connectivity index (χ0n) is 22.8. The Hall–Kier alpha value is -4.02. The lowest BCUT2D eigenvalue weighted by molar-refractivity contribution is -0.158. The monoisotopic (exact) mass is 517 g/mol. The summed E-state index contributed by atoms with van der Waals surface area (Å²) in [5.74, 6) is -0.236. The highest BCUT2D eigenvalue weighted by Gasteiger charge is 2.47. The molecule has 0 aromatic heterocycles. The molecule has 0 radical (unpaired) electrons. The van der Waals surface area contributed by atoms with Gasteiger partial charge in [-0.2, -0.15) is 0 Å². The number of ether oxygens (including phenoxy) is 1. The second kappa shape index (κ2) is 11.0. The van der Waals surface area contributed by atoms with E-state index in [0.717, 1.165) is 27.8 Å². The summed E-state index contributed by atoms with van der Waals surface area (Å²) in [6, 6.07) is 35.7. The van der Waals surface area contributed by atoms with Gasteiger partial charge in [0, 0.05) is 12.0 Å². The topological polar surface area (TPSA) is 55.4 Å². The van der Waals surface area contributed by atoms with Gasteiger partial charge in [-0.1, -0.05) is 109 Å². The van der Waals surface area contributed by atoms with Crippen molar-refractivity contribution < 1.29 is 14.3 Å². The van der Waals surface area contributed by atoms with Crippen LogP contribution in [0.25, 0.3) is 11.1 Å². The molecule has 4 heteroatoms. The maximum Gasteiger partial charge on any atom is 0.323 e. The van der Waals surface area contributed by atoms with E-state index in [1.54, 1.807) is 0 Å². The molecule has 0 spiro atoms. The minimum atomic E-state index is -0.751. The first kappa shape index (κ1) is 26.6. The lowest BCUT2D eigenvalue weighted by atomic mass is 9.79. The van der Waals surface area contributed by atoms with E-state index in [0.29, 0.717) is 24.8 Å². The molecule has 4 aromatic carbocycles. The standard InChI is InChI=1S/C35H35NO3/c1-34(2,3)39-33(38)31(23-14-24-32(37)25-15-6-4-7-16-25)36-35(26-17-8-5-9-18-26)29-21-12-10-19-27(29)28-20-11-13-22-30(28)35/h4-13,15-22,31,36H,14,23-24H2,1-3H3/t31-/m0/s1. The van der Waals surface area contributed by atoms with Crippen molar-refractivity contribution in [2.45, 2.75) is 57.2 Å². The molecule has 5 rings (SSSR count). The quantitative estimate of drug-likeness (QED) is 0.187. The Balaban J connectivity index is 1.54. The summed E-state index contributed by atoms with van der Waals surface area (Å²) < 4.78 is 5.92. The van der Waals surface area contributed by atoms with Gasteiger partial charge >= 0.3 is 5.97 Å². The number of fused-ring (bicyclic) bond motifs is 3. The number of ketones is 1. The van der Waals surface area contributed by atoms with Crippen LogP contribution in [-0.2, 0) is 15.1 Å². The van der Waals surface area contributed by atoms with Crippen LogP contribution in [0.4, 0.5) is 0 Å². The summed E-state index contributed by atoms with van der Waals surface area (Å²) in [7, 11) is 0. The molecule has 39 heavy (non-hydrogen) atoms. The average Bonchev–Trinajstić information content (AvgIpc) is 3.23. The van der Waals surface area contributed by atoms with Crippen molar-refractivity contribution in [3.63, 3.8) is 0 Å². The van der Waals surface area contributed by atoms with Crippen LogP contribution < -0.4 is 5.32 Å². The molecule has 0 aliphatic heterocycles. The third-order valence-electron chi connectivity index (χ3n) is 7.23. The molecule has 198 valence electrons. The number of hydrogen-bond donors (Lipinski definition) is 1. The first-order valence-corrected chi connectivity index (χ1v) is 13.6. The van der Waals surface area contributed by atoms with Crippen LogP contribution in [-0.4, -0.2) is 23.4 Å². The van der Waals surface area contributed by atoms with Gasteiger partial charge in [-0.25, -0.2) is 0 Å². The van der Waals surface area contributed by atoms with Crippen molar-refractivity contribution in [3.05, 3.63) is 131 Å². The molecule has 4 aromatic rings. The van der Waals surface area contributed by atoms with E-state index in [4.69, 9.17) is 4.74 Å². The van der Waals surface area contributed by atoms with Crippen LogP contribution in [0.2, 0.25) is 0 Å². The van der Waals surface area contributed by atoms with Crippen molar-refractivity contribution in [3.8, 4) is 11.1 Å². The predicted octanol–water partition coefficient (Wildman–Crippen LogP) is 7.31. The van der Waals surface area contributed by atoms with E-state index in [2.05, 4.69) is 53.8 Å². The van der Waals surface area contributed by atoms with Crippen molar-refractivity contribution >= 4 is 11.8 Å². The van der Waals surface area contributed by atoms with E-state index >= 15 is 0 Å². The predicted molar refractivity (Wildman–Crippen MR) is 156 cm³/mol. The van der Waals surface area contributed by atoms with E-state index in [1.165, 1.54) is 0 Å². The Kier molecular flexibility index (Phi) is 7.49. The smallest absolute Gasteiger partial charge is 0.323 e. The molecule has 1 aliphatic rings. The summed E-state index contributed by atoms with van der Waals surface area (Å²) in [5.41, 5.74) is 4.85. The van der Waals surface area contributed by atoms with E-state index < -0.39 is 17.2 Å². The Morgan fingerprint density at radius 2 is 1.26 bits per heavy atom. The highest BCUT2D eigenvalue weighted by Crippen LogP contribution is 2.51. The van der Waals surface area contributed by atoms with Crippen molar-refractivity contribution in [1.29, 1.82) is 0 Å². The molecule has 1 N–H and O–H groups in total. The van der Waals surface area contributed by atoms with Crippen LogP contribution in [0.5, 0.6) is 0 Å². The van der Waals surface area contributed by atoms with Crippen LogP contribution in [0.1, 0.15) is 67.1 Å². The number of carbonyl (C=O) groups excluding carboxylic acids is 2. The van der Waals surface area contributed by atoms with Crippen LogP contribution in [0, 0.1) is 0 Å². The molecule has 0 bridgehead atoms. The van der Waals surface area contributed by atoms with Gasteiger partial charge in [0.25, 0.3) is 0 Å². The molecule has 4 nitrogen and oxygen atoms in total. The van der Waals surface area contributed by atoms with Gasteiger partial charge in [0.2, 0.25) is 0 Å². The lowest BCUT2D eigenvalue weighted by Gasteiger charge is -2.38. The first-order valence-electron chi connectivity index (χ1n) is 13.6. The molecule has 0 saturated carbocycles. The average molecular weight is 518 g/mol. The van der Waals surface area contributed by atoms with Crippen molar-refractivity contribution in [1.82, 2.24) is 5.32 Å². The number of hydrogen-bond acceptors (Lipinski definition) is 4. The molecular formula is C35H35NO3. The van der Waals surface area contributed by atoms with E-state index in [1.807, 2.05) is 81.4 Å². The van der Waals surface area contributed by atoms with Crippen molar-refractivity contribution in [2.75, 3.05) is 0 Å². The second-order valence-corrected chi connectivity index (χ2v) is 11.1. The number of nitrogens with one attached hydrogen (secondary N) is 1.